The van der Waals surface area contributed by atoms with Crippen molar-refractivity contribution < 1.29 is 15.3 Å². The Labute approximate surface area is 115 Å². The van der Waals surface area contributed by atoms with Crippen LogP contribution in [-0.2, 0) is 6.54 Å². The number of phenols is 1. The van der Waals surface area contributed by atoms with Gasteiger partial charge in [0, 0.05) is 29.7 Å². The second-order valence-corrected chi connectivity index (χ2v) is 4.41. The number of nitrogens with zero attached hydrogens (tertiary/aromatic N) is 1. The van der Waals surface area contributed by atoms with Crippen molar-refractivity contribution in [1.82, 2.24) is 4.90 Å². The Morgan fingerprint density at radius 3 is 2.24 bits per heavy atom. The van der Waals surface area contributed by atoms with E-state index < -0.39 is 0 Å². The number of hydrogen-bond donors (Lipinski definition) is 3. The van der Waals surface area contributed by atoms with Gasteiger partial charge in [-0.2, -0.15) is 0 Å². The summed E-state index contributed by atoms with van der Waals surface area (Å²) in [6.07, 6.45) is 0. The summed E-state index contributed by atoms with van der Waals surface area (Å²) in [6.45, 7) is 1.54. The largest absolute Gasteiger partial charge is 0.508 e. The molecule has 1 aromatic rings. The van der Waals surface area contributed by atoms with Gasteiger partial charge in [-0.3, -0.25) is 4.90 Å². The van der Waals surface area contributed by atoms with Gasteiger partial charge in [0.25, 0.3) is 0 Å². The van der Waals surface area contributed by atoms with Gasteiger partial charge in [-0.15, -0.1) is 12.4 Å². The molecule has 0 aliphatic carbocycles. The van der Waals surface area contributed by atoms with Crippen molar-refractivity contribution in [3.8, 4) is 5.75 Å². The standard InChI is InChI=1S/C11H16BrNO3.ClH/c12-10-1-2-11(16)9(7-10)8-13(3-5-14)4-6-15;/h1-2,7,14-16H,3-6,8H2;1H. The molecule has 0 saturated heterocycles. The molecule has 0 radical (unpaired) electrons. The Morgan fingerprint density at radius 2 is 1.71 bits per heavy atom. The number of aromatic hydroxyl groups is 1. The zero-order valence-electron chi connectivity index (χ0n) is 9.34. The maximum absolute atomic E-state index is 9.65. The third-order valence-electron chi connectivity index (χ3n) is 2.27. The number of aliphatic hydroxyl groups is 2. The maximum Gasteiger partial charge on any atom is 0.120 e. The van der Waals surface area contributed by atoms with Gasteiger partial charge < -0.3 is 15.3 Å². The summed E-state index contributed by atoms with van der Waals surface area (Å²) >= 11 is 3.34. The highest BCUT2D eigenvalue weighted by atomic mass is 79.9. The number of halogens is 2. The van der Waals surface area contributed by atoms with Gasteiger partial charge in [0.05, 0.1) is 13.2 Å². The topological polar surface area (TPSA) is 63.9 Å². The first kappa shape index (κ1) is 16.7. The van der Waals surface area contributed by atoms with Crippen LogP contribution in [0.1, 0.15) is 5.56 Å². The summed E-state index contributed by atoms with van der Waals surface area (Å²) in [5, 5.41) is 27.4. The number of benzene rings is 1. The molecule has 0 unspecified atom stereocenters. The zero-order chi connectivity index (χ0) is 12.0. The first-order valence-corrected chi connectivity index (χ1v) is 5.88. The van der Waals surface area contributed by atoms with E-state index in [1.165, 1.54) is 0 Å². The van der Waals surface area contributed by atoms with Crippen LogP contribution in [-0.4, -0.2) is 46.5 Å². The summed E-state index contributed by atoms with van der Waals surface area (Å²) in [5.74, 6) is 0.226. The molecule has 0 heterocycles. The highest BCUT2D eigenvalue weighted by molar-refractivity contribution is 9.10. The predicted molar refractivity (Wildman–Crippen MR) is 72.5 cm³/mol. The fraction of sp³-hybridized carbons (Fsp3) is 0.455. The van der Waals surface area contributed by atoms with E-state index >= 15 is 0 Å². The average molecular weight is 327 g/mol. The van der Waals surface area contributed by atoms with Crippen LogP contribution in [0.4, 0.5) is 0 Å². The van der Waals surface area contributed by atoms with Crippen molar-refractivity contribution in [3.05, 3.63) is 28.2 Å². The van der Waals surface area contributed by atoms with Gasteiger partial charge in [0.1, 0.15) is 5.75 Å². The molecule has 0 amide bonds. The molecule has 0 aliphatic heterocycles. The minimum Gasteiger partial charge on any atom is -0.508 e. The van der Waals surface area contributed by atoms with Crippen LogP contribution < -0.4 is 0 Å². The predicted octanol–water partition coefficient (Wildman–Crippen LogP) is 1.36. The minimum absolute atomic E-state index is 0. The number of rotatable bonds is 6. The Balaban J connectivity index is 0.00000256. The van der Waals surface area contributed by atoms with E-state index in [2.05, 4.69) is 15.9 Å². The molecule has 0 bridgehead atoms. The summed E-state index contributed by atoms with van der Waals surface area (Å²) in [4.78, 5) is 1.88. The van der Waals surface area contributed by atoms with Crippen molar-refractivity contribution in [2.45, 2.75) is 6.54 Å². The molecule has 1 rings (SSSR count). The van der Waals surface area contributed by atoms with E-state index in [0.717, 1.165) is 10.0 Å². The lowest BCUT2D eigenvalue weighted by Gasteiger charge is -2.20. The van der Waals surface area contributed by atoms with Crippen LogP contribution in [0.3, 0.4) is 0 Å². The lowest BCUT2D eigenvalue weighted by atomic mass is 10.2. The molecule has 0 aromatic heterocycles. The first-order valence-electron chi connectivity index (χ1n) is 5.09. The lowest BCUT2D eigenvalue weighted by Crippen LogP contribution is -2.29. The molecule has 6 heteroatoms. The Hall–Kier alpha value is -0.330. The first-order chi connectivity index (χ1) is 7.67. The van der Waals surface area contributed by atoms with Gasteiger partial charge in [-0.05, 0) is 18.2 Å². The van der Waals surface area contributed by atoms with E-state index in [-0.39, 0.29) is 31.4 Å². The number of aliphatic hydroxyl groups excluding tert-OH is 2. The van der Waals surface area contributed by atoms with E-state index in [4.69, 9.17) is 10.2 Å². The molecular weight excluding hydrogens is 309 g/mol. The molecule has 3 N–H and O–H groups in total. The van der Waals surface area contributed by atoms with Gasteiger partial charge in [-0.25, -0.2) is 0 Å². The SMILES string of the molecule is Cl.OCCN(CCO)Cc1cc(Br)ccc1O. The third-order valence-corrected chi connectivity index (χ3v) is 2.76. The van der Waals surface area contributed by atoms with E-state index in [1.807, 2.05) is 11.0 Å². The molecule has 0 atom stereocenters. The summed E-state index contributed by atoms with van der Waals surface area (Å²) < 4.78 is 0.897. The quantitative estimate of drug-likeness (QED) is 0.739. The van der Waals surface area contributed by atoms with Crippen molar-refractivity contribution in [3.63, 3.8) is 0 Å². The van der Waals surface area contributed by atoms with Crippen molar-refractivity contribution in [2.75, 3.05) is 26.3 Å². The molecule has 17 heavy (non-hydrogen) atoms. The Morgan fingerprint density at radius 1 is 1.12 bits per heavy atom. The molecule has 0 saturated carbocycles. The lowest BCUT2D eigenvalue weighted by molar-refractivity contribution is 0.155. The zero-order valence-corrected chi connectivity index (χ0v) is 11.7. The third kappa shape index (κ3) is 5.70. The van der Waals surface area contributed by atoms with E-state index in [1.54, 1.807) is 12.1 Å². The normalized spacial score (nSPS) is 10.4. The molecule has 0 spiro atoms. The molecule has 1 aromatic carbocycles. The van der Waals surface area contributed by atoms with Crippen molar-refractivity contribution in [1.29, 1.82) is 0 Å². The van der Waals surface area contributed by atoms with E-state index in [0.29, 0.717) is 19.6 Å². The van der Waals surface area contributed by atoms with Gasteiger partial charge in [0.2, 0.25) is 0 Å². The van der Waals surface area contributed by atoms with Crippen LogP contribution in [0.15, 0.2) is 22.7 Å². The summed E-state index contributed by atoms with van der Waals surface area (Å²) in [5.41, 5.74) is 0.774. The minimum atomic E-state index is 0. The molecule has 0 fully saturated rings. The maximum atomic E-state index is 9.65. The second-order valence-electron chi connectivity index (χ2n) is 3.50. The van der Waals surface area contributed by atoms with Crippen LogP contribution in [0, 0.1) is 0 Å². The number of phenolic OH excluding ortho intramolecular Hbond substituents is 1. The molecule has 0 aliphatic rings. The monoisotopic (exact) mass is 325 g/mol. The van der Waals surface area contributed by atoms with Crippen molar-refractivity contribution in [2.24, 2.45) is 0 Å². The smallest absolute Gasteiger partial charge is 0.120 e. The van der Waals surface area contributed by atoms with Gasteiger partial charge in [0.15, 0.2) is 0 Å². The van der Waals surface area contributed by atoms with Crippen LogP contribution in [0.5, 0.6) is 5.75 Å². The second kappa shape index (κ2) is 8.72. The van der Waals surface area contributed by atoms with Gasteiger partial charge >= 0.3 is 0 Å². The molecule has 4 nitrogen and oxygen atoms in total. The molecular formula is C11H17BrClNO3. The van der Waals surface area contributed by atoms with Crippen LogP contribution >= 0.6 is 28.3 Å². The van der Waals surface area contributed by atoms with Crippen LogP contribution in [0.25, 0.3) is 0 Å². The van der Waals surface area contributed by atoms with Crippen molar-refractivity contribution >= 4 is 28.3 Å². The highest BCUT2D eigenvalue weighted by Crippen LogP contribution is 2.23. The average Bonchev–Trinajstić information content (AvgIpc) is 2.24. The number of hydrogen-bond acceptors (Lipinski definition) is 4. The fourth-order valence-corrected chi connectivity index (χ4v) is 1.88. The summed E-state index contributed by atoms with van der Waals surface area (Å²) in [7, 11) is 0. The fourth-order valence-electron chi connectivity index (χ4n) is 1.47. The molecule has 98 valence electrons. The highest BCUT2D eigenvalue weighted by Gasteiger charge is 2.08. The Kier molecular flexibility index (Phi) is 8.55. The summed E-state index contributed by atoms with van der Waals surface area (Å²) in [6, 6.07) is 5.22. The van der Waals surface area contributed by atoms with Gasteiger partial charge in [-0.1, -0.05) is 15.9 Å². The Bertz CT molecular complexity index is 332. The van der Waals surface area contributed by atoms with Crippen LogP contribution in [0.2, 0.25) is 0 Å². The van der Waals surface area contributed by atoms with E-state index in [9.17, 15) is 5.11 Å².